The number of amides is 1. The number of carbonyl (C=O) groups is 1. The molecule has 0 bridgehead atoms. The van der Waals surface area contributed by atoms with Crippen LogP contribution < -0.4 is 0 Å². The second kappa shape index (κ2) is 11.5. The van der Waals surface area contributed by atoms with Crippen LogP contribution in [0.3, 0.4) is 0 Å². The first-order valence-electron chi connectivity index (χ1n) is 14.6. The van der Waals surface area contributed by atoms with Crippen molar-refractivity contribution in [3.63, 3.8) is 0 Å². The van der Waals surface area contributed by atoms with E-state index in [2.05, 4.69) is 25.4 Å². The first-order chi connectivity index (χ1) is 19.8. The van der Waals surface area contributed by atoms with Gasteiger partial charge in [0.25, 0.3) is 5.91 Å². The molecule has 8 nitrogen and oxygen atoms in total. The smallest absolute Gasteiger partial charge is 0.260 e. The molecule has 1 aromatic carbocycles. The number of alkyl halides is 1. The number of rotatable bonds is 7. The predicted octanol–water partition coefficient (Wildman–Crippen LogP) is 4.44. The van der Waals surface area contributed by atoms with Crippen LogP contribution in [-0.4, -0.2) is 100 Å². The first kappa shape index (κ1) is 27.8. The van der Waals surface area contributed by atoms with Gasteiger partial charge in [-0.05, 0) is 57.3 Å². The Morgan fingerprint density at radius 2 is 1.90 bits per heavy atom. The third kappa shape index (κ3) is 5.85. The zero-order chi connectivity index (χ0) is 28.6. The molecule has 0 saturated carbocycles. The summed E-state index contributed by atoms with van der Waals surface area (Å²) in [7, 11) is 4.04. The highest BCUT2D eigenvalue weighted by atomic mass is 19.1. The molecule has 1 atom stereocenters. The quantitative estimate of drug-likeness (QED) is 0.423. The van der Waals surface area contributed by atoms with Crippen molar-refractivity contribution in [3.05, 3.63) is 60.2 Å². The molecule has 6 rings (SSSR count). The van der Waals surface area contributed by atoms with E-state index < -0.39 is 5.67 Å². The van der Waals surface area contributed by atoms with Gasteiger partial charge in [0, 0.05) is 70.3 Å². The number of hydrogen-bond acceptors (Lipinski definition) is 6. The predicted molar refractivity (Wildman–Crippen MR) is 153 cm³/mol. The second-order valence-electron chi connectivity index (χ2n) is 11.8. The summed E-state index contributed by atoms with van der Waals surface area (Å²) < 4.78 is 38.2. The number of fused-ring (bicyclic) bond motifs is 1. The van der Waals surface area contributed by atoms with E-state index in [4.69, 9.17) is 9.72 Å². The number of nitrogens with zero attached hydrogens (tertiary/aromatic N) is 6. The van der Waals surface area contributed by atoms with E-state index in [9.17, 15) is 9.18 Å². The molecule has 2 fully saturated rings. The molecule has 0 aliphatic carbocycles. The number of benzene rings is 1. The van der Waals surface area contributed by atoms with Crippen LogP contribution in [0.2, 0.25) is 0 Å². The summed E-state index contributed by atoms with van der Waals surface area (Å²) in [5.74, 6) is 0.958. The number of carbonyl (C=O) groups excluding carboxylic acids is 1. The van der Waals surface area contributed by atoms with Crippen LogP contribution in [0.25, 0.3) is 22.6 Å². The lowest BCUT2D eigenvalue weighted by molar-refractivity contribution is -0.149. The minimum absolute atomic E-state index is 0.0429. The van der Waals surface area contributed by atoms with Gasteiger partial charge in [-0.25, -0.2) is 13.8 Å². The molecular formula is C31H38F2N6O2. The Labute approximate surface area is 239 Å². The van der Waals surface area contributed by atoms with E-state index in [1.165, 1.54) is 12.1 Å². The number of aromatic nitrogens is 3. The van der Waals surface area contributed by atoms with Crippen LogP contribution in [0, 0.1) is 5.82 Å². The minimum atomic E-state index is -1.83. The lowest BCUT2D eigenvalue weighted by Gasteiger charge is -2.41. The molecule has 0 spiro atoms. The van der Waals surface area contributed by atoms with E-state index in [1.807, 2.05) is 32.3 Å². The summed E-state index contributed by atoms with van der Waals surface area (Å²) in [6, 6.07) is 10.3. The van der Waals surface area contributed by atoms with Crippen molar-refractivity contribution >= 4 is 16.9 Å². The highest BCUT2D eigenvalue weighted by Gasteiger charge is 2.45. The summed E-state index contributed by atoms with van der Waals surface area (Å²) in [4.78, 5) is 28.6. The lowest BCUT2D eigenvalue weighted by atomic mass is 9.90. The van der Waals surface area contributed by atoms with E-state index in [0.29, 0.717) is 56.1 Å². The standard InChI is InChI=1S/C31H38F2N6O2/c1-36(2)20-24-7-8-25(41-24)21-37-17-12-31(33,13-18-37)30(40)38-15-10-23(11-16-38)39-28-9-6-22(32)19-27(28)35-29(39)26-5-3-4-14-34-26/h3-7,9,14,19,23,25H,8,10-13,15-18,20-21H2,1-2H3. The van der Waals surface area contributed by atoms with Crippen LogP contribution >= 0.6 is 0 Å². The maximum absolute atomic E-state index is 16.0. The fourth-order valence-electron chi connectivity index (χ4n) is 6.42. The third-order valence-electron chi connectivity index (χ3n) is 8.55. The van der Waals surface area contributed by atoms with Gasteiger partial charge in [0.2, 0.25) is 0 Å². The zero-order valence-corrected chi connectivity index (χ0v) is 23.8. The van der Waals surface area contributed by atoms with Gasteiger partial charge >= 0.3 is 0 Å². The molecule has 3 aliphatic rings. The highest BCUT2D eigenvalue weighted by Crippen LogP contribution is 2.36. The fourth-order valence-corrected chi connectivity index (χ4v) is 6.42. The van der Waals surface area contributed by atoms with E-state index in [1.54, 1.807) is 17.2 Å². The van der Waals surface area contributed by atoms with Gasteiger partial charge in [-0.2, -0.15) is 0 Å². The Kier molecular flexibility index (Phi) is 7.78. The van der Waals surface area contributed by atoms with Crippen LogP contribution in [0.1, 0.15) is 38.1 Å². The molecular weight excluding hydrogens is 526 g/mol. The maximum Gasteiger partial charge on any atom is 0.260 e. The molecule has 3 aliphatic heterocycles. The molecule has 1 amide bonds. The molecule has 5 heterocycles. The van der Waals surface area contributed by atoms with Crippen LogP contribution in [0.4, 0.5) is 8.78 Å². The second-order valence-corrected chi connectivity index (χ2v) is 11.8. The number of halogens is 2. The first-order valence-corrected chi connectivity index (χ1v) is 14.6. The molecule has 1 unspecified atom stereocenters. The number of likely N-dealkylation sites (N-methyl/N-ethyl adjacent to an activating group) is 1. The molecule has 0 N–H and O–H groups in total. The van der Waals surface area contributed by atoms with Crippen LogP contribution in [0.5, 0.6) is 0 Å². The normalized spacial score (nSPS) is 21.8. The molecule has 41 heavy (non-hydrogen) atoms. The Hall–Kier alpha value is -3.37. The highest BCUT2D eigenvalue weighted by molar-refractivity contribution is 5.85. The third-order valence-corrected chi connectivity index (χ3v) is 8.55. The molecule has 3 aromatic rings. The lowest BCUT2D eigenvalue weighted by Crippen LogP contribution is -2.54. The number of piperidine rings is 2. The van der Waals surface area contributed by atoms with Crippen molar-refractivity contribution in [1.29, 1.82) is 0 Å². The Bertz CT molecular complexity index is 1410. The van der Waals surface area contributed by atoms with Crippen molar-refractivity contribution in [2.75, 3.05) is 53.4 Å². The minimum Gasteiger partial charge on any atom is -0.492 e. The van der Waals surface area contributed by atoms with E-state index >= 15 is 4.39 Å². The average Bonchev–Trinajstić information content (AvgIpc) is 3.57. The molecule has 0 radical (unpaired) electrons. The van der Waals surface area contributed by atoms with Crippen LogP contribution in [0.15, 0.2) is 54.4 Å². The van der Waals surface area contributed by atoms with Crippen LogP contribution in [-0.2, 0) is 9.53 Å². The Morgan fingerprint density at radius 3 is 2.61 bits per heavy atom. The van der Waals surface area contributed by atoms with Gasteiger partial charge in [0.05, 0.1) is 17.6 Å². The number of hydrogen-bond donors (Lipinski definition) is 0. The van der Waals surface area contributed by atoms with E-state index in [-0.39, 0.29) is 36.7 Å². The Balaban J connectivity index is 1.07. The van der Waals surface area contributed by atoms with Crippen molar-refractivity contribution in [2.45, 2.75) is 49.9 Å². The number of likely N-dealkylation sites (tertiary alicyclic amines) is 2. The van der Waals surface area contributed by atoms with Gasteiger partial charge in [-0.15, -0.1) is 0 Å². The Morgan fingerprint density at radius 1 is 1.12 bits per heavy atom. The van der Waals surface area contributed by atoms with Gasteiger partial charge in [0.15, 0.2) is 11.5 Å². The molecule has 218 valence electrons. The molecule has 2 aromatic heterocycles. The summed E-state index contributed by atoms with van der Waals surface area (Å²) in [5.41, 5.74) is 0.296. The van der Waals surface area contributed by atoms with Crippen molar-refractivity contribution in [1.82, 2.24) is 29.2 Å². The topological polar surface area (TPSA) is 66.7 Å². The van der Waals surface area contributed by atoms with Gasteiger partial charge in [0.1, 0.15) is 23.4 Å². The molecule has 10 heteroatoms. The van der Waals surface area contributed by atoms with Gasteiger partial charge < -0.3 is 19.1 Å². The van der Waals surface area contributed by atoms with Crippen molar-refractivity contribution in [2.24, 2.45) is 0 Å². The zero-order valence-electron chi connectivity index (χ0n) is 23.8. The summed E-state index contributed by atoms with van der Waals surface area (Å²) >= 11 is 0. The average molecular weight is 565 g/mol. The van der Waals surface area contributed by atoms with Crippen molar-refractivity contribution in [3.8, 4) is 11.5 Å². The van der Waals surface area contributed by atoms with Gasteiger partial charge in [-0.3, -0.25) is 14.7 Å². The summed E-state index contributed by atoms with van der Waals surface area (Å²) in [6.07, 6.45) is 6.57. The number of ether oxygens (including phenoxy) is 1. The largest absolute Gasteiger partial charge is 0.492 e. The van der Waals surface area contributed by atoms with E-state index in [0.717, 1.165) is 30.8 Å². The summed E-state index contributed by atoms with van der Waals surface area (Å²) in [6.45, 7) is 3.58. The monoisotopic (exact) mass is 564 g/mol. The van der Waals surface area contributed by atoms with Gasteiger partial charge in [-0.1, -0.05) is 6.07 Å². The van der Waals surface area contributed by atoms with Crippen molar-refractivity contribution < 1.29 is 18.3 Å². The molecule has 2 saturated heterocycles. The summed E-state index contributed by atoms with van der Waals surface area (Å²) in [5, 5.41) is 0. The number of pyridine rings is 1. The SMILES string of the molecule is CN(C)CC1=CCC(CN2CCC(F)(C(=O)N3CCC(n4c(-c5ccccn5)nc5cc(F)ccc54)CC3)CC2)O1. The number of imidazole rings is 1. The maximum atomic E-state index is 16.0. The fraction of sp³-hybridized carbons (Fsp3) is 0.516.